The fraction of sp³-hybridized carbons (Fsp3) is 0. The molecule has 0 spiro atoms. The number of hydrogen-bond acceptors (Lipinski definition) is 5. The molecule has 0 fully saturated rings. The van der Waals surface area contributed by atoms with Crippen molar-refractivity contribution in [1.29, 1.82) is 0 Å². The van der Waals surface area contributed by atoms with Crippen LogP contribution in [-0.2, 0) is 0 Å². The van der Waals surface area contributed by atoms with Gasteiger partial charge in [-0.3, -0.25) is 14.8 Å². The van der Waals surface area contributed by atoms with Gasteiger partial charge in [0.15, 0.2) is 0 Å². The van der Waals surface area contributed by atoms with Crippen LogP contribution in [0.25, 0.3) is 11.0 Å². The number of fused-ring (bicyclic) bond motifs is 1. The maximum atomic E-state index is 12.0. The Balaban J connectivity index is 1.89. The molecule has 0 bridgehead atoms. The summed E-state index contributed by atoms with van der Waals surface area (Å²) in [6, 6.07) is 7.10. The molecule has 1 amide bonds. The van der Waals surface area contributed by atoms with Crippen LogP contribution in [0.3, 0.4) is 0 Å². The molecule has 94 valence electrons. The summed E-state index contributed by atoms with van der Waals surface area (Å²) < 4.78 is 0. The smallest absolute Gasteiger partial charge is 0.267 e. The summed E-state index contributed by atoms with van der Waals surface area (Å²) >= 11 is 1.32. The lowest BCUT2D eigenvalue weighted by Crippen LogP contribution is -2.11. The van der Waals surface area contributed by atoms with Crippen molar-refractivity contribution in [2.24, 2.45) is 0 Å². The minimum Gasteiger partial charge on any atom is -0.397 e. The molecule has 19 heavy (non-hydrogen) atoms. The number of nitrogen functional groups attached to an aromatic ring is 1. The van der Waals surface area contributed by atoms with Crippen LogP contribution in [0, 0.1) is 0 Å². The van der Waals surface area contributed by atoms with Crippen molar-refractivity contribution in [3.05, 3.63) is 46.9 Å². The van der Waals surface area contributed by atoms with Gasteiger partial charge in [0.25, 0.3) is 5.91 Å². The molecule has 2 heterocycles. The number of carbonyl (C=O) groups excluding carboxylic acids is 1. The van der Waals surface area contributed by atoms with Crippen molar-refractivity contribution in [3.63, 3.8) is 0 Å². The normalized spacial score (nSPS) is 10.5. The van der Waals surface area contributed by atoms with E-state index < -0.39 is 0 Å². The van der Waals surface area contributed by atoms with Crippen molar-refractivity contribution in [1.82, 2.24) is 9.97 Å². The number of nitrogens with one attached hydrogen (secondary N) is 1. The second-order valence-corrected chi connectivity index (χ2v) is 4.84. The molecule has 2 aromatic heterocycles. The van der Waals surface area contributed by atoms with Gasteiger partial charge in [0.2, 0.25) is 0 Å². The first kappa shape index (κ1) is 11.6. The monoisotopic (exact) mass is 270 g/mol. The van der Waals surface area contributed by atoms with Gasteiger partial charge in [0.1, 0.15) is 4.88 Å². The predicted molar refractivity (Wildman–Crippen MR) is 76.2 cm³/mol. The van der Waals surface area contributed by atoms with Crippen molar-refractivity contribution < 1.29 is 4.79 Å². The van der Waals surface area contributed by atoms with Crippen LogP contribution in [0.15, 0.2) is 42.0 Å². The van der Waals surface area contributed by atoms with Crippen LogP contribution in [0.4, 0.5) is 11.4 Å². The van der Waals surface area contributed by atoms with E-state index in [4.69, 9.17) is 5.73 Å². The van der Waals surface area contributed by atoms with E-state index >= 15 is 0 Å². The van der Waals surface area contributed by atoms with Crippen LogP contribution in [0.2, 0.25) is 0 Å². The second kappa shape index (κ2) is 4.66. The van der Waals surface area contributed by atoms with E-state index in [9.17, 15) is 4.79 Å². The maximum absolute atomic E-state index is 12.0. The Kier molecular flexibility index (Phi) is 2.85. The SMILES string of the molecule is Nc1ccsc1C(=O)Nc1ccc2nccnc2c1. The maximum Gasteiger partial charge on any atom is 0.267 e. The number of carbonyl (C=O) groups is 1. The average molecular weight is 270 g/mol. The second-order valence-electron chi connectivity index (χ2n) is 3.92. The number of aromatic nitrogens is 2. The predicted octanol–water partition coefficient (Wildman–Crippen LogP) is 2.53. The van der Waals surface area contributed by atoms with Crippen LogP contribution in [0.5, 0.6) is 0 Å². The van der Waals surface area contributed by atoms with E-state index in [1.807, 2.05) is 6.07 Å². The van der Waals surface area contributed by atoms with Gasteiger partial charge in [0.05, 0.1) is 16.7 Å². The zero-order valence-corrected chi connectivity index (χ0v) is 10.6. The van der Waals surface area contributed by atoms with Crippen molar-refractivity contribution in [3.8, 4) is 0 Å². The molecule has 0 atom stereocenters. The van der Waals surface area contributed by atoms with Crippen LogP contribution in [-0.4, -0.2) is 15.9 Å². The minimum absolute atomic E-state index is 0.212. The number of nitrogens with zero attached hydrogens (tertiary/aromatic N) is 2. The Hall–Kier alpha value is -2.47. The Morgan fingerprint density at radius 2 is 1.95 bits per heavy atom. The van der Waals surface area contributed by atoms with E-state index in [1.165, 1.54) is 11.3 Å². The lowest BCUT2D eigenvalue weighted by Gasteiger charge is -2.05. The molecule has 0 saturated carbocycles. The lowest BCUT2D eigenvalue weighted by atomic mass is 10.2. The molecule has 6 heteroatoms. The molecule has 3 rings (SSSR count). The first-order valence-electron chi connectivity index (χ1n) is 5.59. The zero-order chi connectivity index (χ0) is 13.2. The Labute approximate surface area is 113 Å². The molecule has 0 aliphatic heterocycles. The van der Waals surface area contributed by atoms with Gasteiger partial charge in [-0.25, -0.2) is 0 Å². The average Bonchev–Trinajstić information content (AvgIpc) is 2.85. The van der Waals surface area contributed by atoms with E-state index in [1.54, 1.807) is 36.0 Å². The number of anilines is 2. The molecular formula is C13H10N4OS. The Bertz CT molecular complexity index is 753. The first-order valence-corrected chi connectivity index (χ1v) is 6.47. The fourth-order valence-electron chi connectivity index (χ4n) is 1.73. The number of rotatable bonds is 2. The standard InChI is InChI=1S/C13H10N4OS/c14-9-3-6-19-12(9)13(18)17-8-1-2-10-11(7-8)16-5-4-15-10/h1-7H,14H2,(H,17,18). The third-order valence-electron chi connectivity index (χ3n) is 2.63. The molecule has 0 aliphatic carbocycles. The summed E-state index contributed by atoms with van der Waals surface area (Å²) in [6.07, 6.45) is 3.25. The van der Waals surface area contributed by atoms with Crippen molar-refractivity contribution >= 4 is 39.7 Å². The highest BCUT2D eigenvalue weighted by Crippen LogP contribution is 2.21. The highest BCUT2D eigenvalue weighted by Gasteiger charge is 2.11. The van der Waals surface area contributed by atoms with Gasteiger partial charge in [-0.2, -0.15) is 0 Å². The summed E-state index contributed by atoms with van der Waals surface area (Å²) in [4.78, 5) is 20.9. The molecule has 1 aromatic carbocycles. The Morgan fingerprint density at radius 1 is 1.16 bits per heavy atom. The summed E-state index contributed by atoms with van der Waals surface area (Å²) in [5.41, 5.74) is 8.40. The van der Waals surface area contributed by atoms with Gasteiger partial charge < -0.3 is 11.1 Å². The molecule has 5 nitrogen and oxygen atoms in total. The molecule has 3 N–H and O–H groups in total. The van der Waals surface area contributed by atoms with Gasteiger partial charge in [-0.1, -0.05) is 0 Å². The highest BCUT2D eigenvalue weighted by atomic mass is 32.1. The Morgan fingerprint density at radius 3 is 2.68 bits per heavy atom. The van der Waals surface area contributed by atoms with E-state index in [0.29, 0.717) is 16.3 Å². The topological polar surface area (TPSA) is 80.9 Å². The number of benzene rings is 1. The third-order valence-corrected chi connectivity index (χ3v) is 3.56. The third kappa shape index (κ3) is 2.25. The van der Waals surface area contributed by atoms with Crippen molar-refractivity contribution in [2.45, 2.75) is 0 Å². The fourth-order valence-corrected chi connectivity index (χ4v) is 2.45. The van der Waals surface area contributed by atoms with Crippen LogP contribution in [0.1, 0.15) is 9.67 Å². The molecular weight excluding hydrogens is 260 g/mol. The van der Waals surface area contributed by atoms with E-state index in [0.717, 1.165) is 11.0 Å². The van der Waals surface area contributed by atoms with E-state index in [-0.39, 0.29) is 5.91 Å². The summed E-state index contributed by atoms with van der Waals surface area (Å²) in [5, 5.41) is 4.59. The minimum atomic E-state index is -0.212. The quantitative estimate of drug-likeness (QED) is 0.749. The number of thiophene rings is 1. The summed E-state index contributed by atoms with van der Waals surface area (Å²) in [7, 11) is 0. The molecule has 0 aliphatic rings. The number of amides is 1. The number of hydrogen-bond donors (Lipinski definition) is 2. The number of nitrogens with two attached hydrogens (primary N) is 1. The van der Waals surface area contributed by atoms with Crippen LogP contribution >= 0.6 is 11.3 Å². The van der Waals surface area contributed by atoms with Gasteiger partial charge in [-0.15, -0.1) is 11.3 Å². The molecule has 0 radical (unpaired) electrons. The summed E-state index contributed by atoms with van der Waals surface area (Å²) in [6.45, 7) is 0. The van der Waals surface area contributed by atoms with Gasteiger partial charge in [-0.05, 0) is 29.6 Å². The largest absolute Gasteiger partial charge is 0.397 e. The highest BCUT2D eigenvalue weighted by molar-refractivity contribution is 7.12. The molecule has 0 unspecified atom stereocenters. The summed E-state index contributed by atoms with van der Waals surface area (Å²) in [5.74, 6) is -0.212. The lowest BCUT2D eigenvalue weighted by molar-refractivity contribution is 0.103. The first-order chi connectivity index (χ1) is 9.24. The van der Waals surface area contributed by atoms with E-state index in [2.05, 4.69) is 15.3 Å². The van der Waals surface area contributed by atoms with Gasteiger partial charge >= 0.3 is 0 Å². The van der Waals surface area contributed by atoms with Crippen LogP contribution < -0.4 is 11.1 Å². The van der Waals surface area contributed by atoms with Gasteiger partial charge in [0, 0.05) is 18.1 Å². The van der Waals surface area contributed by atoms with Crippen molar-refractivity contribution in [2.75, 3.05) is 11.1 Å². The zero-order valence-electron chi connectivity index (χ0n) is 9.83. The molecule has 0 saturated heterocycles. The molecule has 3 aromatic rings.